The topological polar surface area (TPSA) is 72.8 Å². The Bertz CT molecular complexity index is 1030. The molecule has 31 heavy (non-hydrogen) atoms. The molecule has 7 heteroatoms. The molecular weight excluding hydrogens is 394 g/mol. The molecule has 0 bridgehead atoms. The number of benzene rings is 2. The minimum Gasteiger partial charge on any atom is -0.449 e. The van der Waals surface area contributed by atoms with Gasteiger partial charge in [-0.15, -0.1) is 0 Å². The number of morpholine rings is 1. The molecule has 1 aromatic heterocycles. The van der Waals surface area contributed by atoms with Gasteiger partial charge < -0.3 is 24.3 Å². The van der Waals surface area contributed by atoms with Gasteiger partial charge >= 0.3 is 5.97 Å². The van der Waals surface area contributed by atoms with Gasteiger partial charge in [0, 0.05) is 42.5 Å². The molecule has 1 aliphatic rings. The van der Waals surface area contributed by atoms with E-state index < -0.39 is 12.1 Å². The normalized spacial score (nSPS) is 14.7. The van der Waals surface area contributed by atoms with E-state index in [-0.39, 0.29) is 5.91 Å². The number of nitrogens with one attached hydrogen (secondary N) is 1. The van der Waals surface area contributed by atoms with E-state index in [9.17, 15) is 9.59 Å². The van der Waals surface area contributed by atoms with E-state index >= 15 is 0 Å². The molecule has 2 heterocycles. The van der Waals surface area contributed by atoms with Crippen LogP contribution in [0.4, 0.5) is 11.4 Å². The SMILES string of the molecule is C[C@H](OC(=O)c1cccc(-n2cccc2)c1)C(=O)Nc1ccc(N2CCOCC2)cc1. The van der Waals surface area contributed by atoms with Crippen LogP contribution in [0.1, 0.15) is 17.3 Å². The first kappa shape index (κ1) is 20.7. The second-order valence-corrected chi connectivity index (χ2v) is 7.32. The second kappa shape index (κ2) is 9.49. The minimum atomic E-state index is -0.929. The molecule has 3 aromatic rings. The lowest BCUT2D eigenvalue weighted by molar-refractivity contribution is -0.123. The van der Waals surface area contributed by atoms with Crippen LogP contribution in [0.5, 0.6) is 0 Å². The highest BCUT2D eigenvalue weighted by Crippen LogP contribution is 2.19. The van der Waals surface area contributed by atoms with Crippen LogP contribution in [0.25, 0.3) is 5.69 Å². The lowest BCUT2D eigenvalue weighted by Crippen LogP contribution is -2.36. The summed E-state index contributed by atoms with van der Waals surface area (Å²) in [7, 11) is 0. The van der Waals surface area contributed by atoms with Crippen molar-refractivity contribution in [1.29, 1.82) is 0 Å². The van der Waals surface area contributed by atoms with Crippen LogP contribution >= 0.6 is 0 Å². The minimum absolute atomic E-state index is 0.381. The summed E-state index contributed by atoms with van der Waals surface area (Å²) >= 11 is 0. The number of nitrogens with zero attached hydrogens (tertiary/aromatic N) is 2. The molecule has 1 atom stereocenters. The molecular formula is C24H25N3O4. The molecule has 2 aromatic carbocycles. The number of ether oxygens (including phenoxy) is 2. The van der Waals surface area contributed by atoms with Crippen molar-refractivity contribution >= 4 is 23.3 Å². The van der Waals surface area contributed by atoms with Crippen LogP contribution in [0.2, 0.25) is 0 Å². The summed E-state index contributed by atoms with van der Waals surface area (Å²) in [4.78, 5) is 27.3. The number of esters is 1. The summed E-state index contributed by atoms with van der Waals surface area (Å²) < 4.78 is 12.6. The third-order valence-corrected chi connectivity index (χ3v) is 5.15. The Kier molecular flexibility index (Phi) is 6.33. The Hall–Kier alpha value is -3.58. The largest absolute Gasteiger partial charge is 0.449 e. The molecule has 0 saturated carbocycles. The third-order valence-electron chi connectivity index (χ3n) is 5.15. The fraction of sp³-hybridized carbons (Fsp3) is 0.250. The van der Waals surface area contributed by atoms with Gasteiger partial charge in [0.15, 0.2) is 6.10 Å². The van der Waals surface area contributed by atoms with Crippen molar-refractivity contribution in [2.45, 2.75) is 13.0 Å². The quantitative estimate of drug-likeness (QED) is 0.619. The van der Waals surface area contributed by atoms with E-state index in [1.807, 2.05) is 59.4 Å². The zero-order valence-electron chi connectivity index (χ0n) is 17.4. The molecule has 4 rings (SSSR count). The van der Waals surface area contributed by atoms with Gasteiger partial charge in [0.2, 0.25) is 0 Å². The molecule has 0 radical (unpaired) electrons. The zero-order valence-corrected chi connectivity index (χ0v) is 17.4. The zero-order chi connectivity index (χ0) is 21.6. The third kappa shape index (κ3) is 5.13. The molecule has 1 saturated heterocycles. The van der Waals surface area contributed by atoms with Gasteiger partial charge in [-0.25, -0.2) is 4.79 Å². The molecule has 1 fully saturated rings. The molecule has 1 aliphatic heterocycles. The monoisotopic (exact) mass is 419 g/mol. The van der Waals surface area contributed by atoms with Crippen molar-refractivity contribution in [3.05, 3.63) is 78.6 Å². The number of anilines is 2. The van der Waals surface area contributed by atoms with Gasteiger partial charge in [-0.3, -0.25) is 4.79 Å². The predicted molar refractivity (Wildman–Crippen MR) is 119 cm³/mol. The summed E-state index contributed by atoms with van der Waals surface area (Å²) in [6, 6.07) is 18.5. The lowest BCUT2D eigenvalue weighted by Gasteiger charge is -2.28. The Morgan fingerprint density at radius 1 is 0.968 bits per heavy atom. The Morgan fingerprint density at radius 2 is 1.68 bits per heavy atom. The average Bonchev–Trinajstić information content (AvgIpc) is 3.35. The number of amides is 1. The van der Waals surface area contributed by atoms with E-state index in [1.54, 1.807) is 25.1 Å². The van der Waals surface area contributed by atoms with E-state index in [1.165, 1.54) is 0 Å². The smallest absolute Gasteiger partial charge is 0.338 e. The number of carbonyl (C=O) groups excluding carboxylic acids is 2. The van der Waals surface area contributed by atoms with E-state index in [4.69, 9.17) is 9.47 Å². The number of hydrogen-bond donors (Lipinski definition) is 1. The first-order chi connectivity index (χ1) is 15.1. The maximum atomic E-state index is 12.5. The van der Waals surface area contributed by atoms with Crippen molar-refractivity contribution < 1.29 is 19.1 Å². The van der Waals surface area contributed by atoms with Crippen molar-refractivity contribution in [1.82, 2.24) is 4.57 Å². The van der Waals surface area contributed by atoms with Crippen LogP contribution in [0, 0.1) is 0 Å². The summed E-state index contributed by atoms with van der Waals surface area (Å²) in [6.45, 7) is 4.70. The summed E-state index contributed by atoms with van der Waals surface area (Å²) in [5.41, 5.74) is 2.97. The summed E-state index contributed by atoms with van der Waals surface area (Å²) in [6.07, 6.45) is 2.86. The fourth-order valence-electron chi connectivity index (χ4n) is 3.40. The number of rotatable bonds is 6. The van der Waals surface area contributed by atoms with Gasteiger partial charge in [0.1, 0.15) is 0 Å². The maximum Gasteiger partial charge on any atom is 0.338 e. The maximum absolute atomic E-state index is 12.5. The number of hydrogen-bond acceptors (Lipinski definition) is 5. The summed E-state index contributed by atoms with van der Waals surface area (Å²) in [5.74, 6) is -0.923. The number of aromatic nitrogens is 1. The van der Waals surface area contributed by atoms with Crippen molar-refractivity contribution in [3.8, 4) is 5.69 Å². The van der Waals surface area contributed by atoms with Gasteiger partial charge in [-0.05, 0) is 61.5 Å². The summed E-state index contributed by atoms with van der Waals surface area (Å²) in [5, 5.41) is 2.80. The van der Waals surface area contributed by atoms with E-state index in [0.29, 0.717) is 11.3 Å². The van der Waals surface area contributed by atoms with Gasteiger partial charge in [-0.2, -0.15) is 0 Å². The average molecular weight is 419 g/mol. The van der Waals surface area contributed by atoms with Crippen molar-refractivity contribution in [2.75, 3.05) is 36.5 Å². The van der Waals surface area contributed by atoms with E-state index in [0.717, 1.165) is 37.7 Å². The number of carbonyl (C=O) groups is 2. The molecule has 1 N–H and O–H groups in total. The highest BCUT2D eigenvalue weighted by molar-refractivity contribution is 5.97. The Balaban J connectivity index is 1.34. The Morgan fingerprint density at radius 3 is 2.39 bits per heavy atom. The van der Waals surface area contributed by atoms with Gasteiger partial charge in [0.05, 0.1) is 18.8 Å². The van der Waals surface area contributed by atoms with Crippen molar-refractivity contribution in [3.63, 3.8) is 0 Å². The van der Waals surface area contributed by atoms with E-state index in [2.05, 4.69) is 10.2 Å². The second-order valence-electron chi connectivity index (χ2n) is 7.32. The van der Waals surface area contributed by atoms with Crippen LogP contribution in [-0.4, -0.2) is 48.9 Å². The van der Waals surface area contributed by atoms with Crippen molar-refractivity contribution in [2.24, 2.45) is 0 Å². The van der Waals surface area contributed by atoms with Gasteiger partial charge in [0.25, 0.3) is 5.91 Å². The lowest BCUT2D eigenvalue weighted by atomic mass is 10.2. The highest BCUT2D eigenvalue weighted by atomic mass is 16.5. The fourth-order valence-corrected chi connectivity index (χ4v) is 3.40. The molecule has 0 unspecified atom stereocenters. The molecule has 0 aliphatic carbocycles. The van der Waals surface area contributed by atoms with Crippen LogP contribution in [0.15, 0.2) is 73.1 Å². The predicted octanol–water partition coefficient (Wildman–Crippen LogP) is 3.50. The first-order valence-corrected chi connectivity index (χ1v) is 10.3. The van der Waals surface area contributed by atoms with Crippen LogP contribution in [0.3, 0.4) is 0 Å². The standard InChI is InChI=1S/C24H25N3O4/c1-18(31-24(29)19-5-4-6-22(17-19)26-11-2-3-12-26)23(28)25-20-7-9-21(10-8-20)27-13-15-30-16-14-27/h2-12,17-18H,13-16H2,1H3,(H,25,28)/t18-/m0/s1. The molecule has 7 nitrogen and oxygen atoms in total. The Labute approximate surface area is 181 Å². The van der Waals surface area contributed by atoms with Gasteiger partial charge in [-0.1, -0.05) is 6.07 Å². The van der Waals surface area contributed by atoms with Crippen LogP contribution < -0.4 is 10.2 Å². The molecule has 0 spiro atoms. The molecule has 1 amide bonds. The first-order valence-electron chi connectivity index (χ1n) is 10.3. The molecule has 160 valence electrons. The highest BCUT2D eigenvalue weighted by Gasteiger charge is 2.20. The van der Waals surface area contributed by atoms with Crippen LogP contribution in [-0.2, 0) is 14.3 Å².